The molecule has 2 rings (SSSR count). The van der Waals surface area contributed by atoms with Gasteiger partial charge in [-0.05, 0) is 23.8 Å². The summed E-state index contributed by atoms with van der Waals surface area (Å²) in [5.41, 5.74) is 2.39. The fourth-order valence-electron chi connectivity index (χ4n) is 1.69. The normalized spacial score (nSPS) is 11.7. The Morgan fingerprint density at radius 3 is 2.05 bits per heavy atom. The van der Waals surface area contributed by atoms with Crippen LogP contribution in [0.1, 0.15) is 5.56 Å². The Morgan fingerprint density at radius 2 is 1.45 bits per heavy atom. The van der Waals surface area contributed by atoms with Gasteiger partial charge in [-0.3, -0.25) is 0 Å². The number of nitrogens with two attached hydrogens (primary N) is 1. The Labute approximate surface area is 109 Å². The molecule has 0 amide bonds. The average molecular weight is 291 g/mol. The monoisotopic (exact) mass is 291 g/mol. The molecule has 0 heterocycles. The summed E-state index contributed by atoms with van der Waals surface area (Å²) >= 11 is 0. The van der Waals surface area contributed by atoms with E-state index >= 15 is 0 Å². The molecule has 0 aromatic heterocycles. The average Bonchev–Trinajstić information content (AvgIpc) is 2.33. The van der Waals surface area contributed by atoms with E-state index in [1.807, 2.05) is 0 Å². The summed E-state index contributed by atoms with van der Waals surface area (Å²) in [5.74, 6) is -3.46. The van der Waals surface area contributed by atoms with Gasteiger partial charge in [-0.15, -0.1) is 0 Å². The molecule has 0 unspecified atom stereocenters. The van der Waals surface area contributed by atoms with E-state index in [0.717, 1.165) is 6.07 Å². The molecule has 0 aliphatic heterocycles. The lowest BCUT2D eigenvalue weighted by atomic mass is 10.0. The zero-order chi connectivity index (χ0) is 15.1. The minimum absolute atomic E-state index is 0.296. The van der Waals surface area contributed by atoms with Gasteiger partial charge in [0, 0.05) is 11.6 Å². The predicted molar refractivity (Wildman–Crippen MR) is 61.2 cm³/mol. The molecule has 0 radical (unpaired) electrons. The lowest BCUT2D eigenvalue weighted by molar-refractivity contribution is -0.139. The van der Waals surface area contributed by atoms with Gasteiger partial charge in [0.15, 0.2) is 0 Å². The lowest BCUT2D eigenvalue weighted by Gasteiger charge is -2.11. The maximum atomic E-state index is 13.6. The second-order valence-electron chi connectivity index (χ2n) is 4.05. The van der Waals surface area contributed by atoms with Crippen molar-refractivity contribution in [2.75, 3.05) is 5.73 Å². The summed E-state index contributed by atoms with van der Waals surface area (Å²) in [4.78, 5) is 0. The van der Waals surface area contributed by atoms with Crippen LogP contribution in [0.2, 0.25) is 0 Å². The maximum absolute atomic E-state index is 13.6. The molecule has 2 aromatic carbocycles. The molecule has 2 aromatic rings. The van der Waals surface area contributed by atoms with Crippen molar-refractivity contribution in [3.05, 3.63) is 53.3 Å². The smallest absolute Gasteiger partial charge is 0.396 e. The van der Waals surface area contributed by atoms with E-state index in [4.69, 9.17) is 5.73 Å². The number of alkyl halides is 3. The minimum atomic E-state index is -4.93. The van der Waals surface area contributed by atoms with E-state index in [2.05, 4.69) is 0 Å². The molecular weight excluding hydrogens is 284 g/mol. The number of nitrogen functional groups attached to an aromatic ring is 1. The first-order valence-corrected chi connectivity index (χ1v) is 5.32. The third-order valence-electron chi connectivity index (χ3n) is 2.67. The van der Waals surface area contributed by atoms with Crippen molar-refractivity contribution < 1.29 is 26.3 Å². The SMILES string of the molecule is Nc1cc(F)c(-c2ccc(F)c(C(F)(F)F)c2)cc1F. The number of halogens is 6. The zero-order valence-corrected chi connectivity index (χ0v) is 9.73. The highest BCUT2D eigenvalue weighted by Gasteiger charge is 2.34. The van der Waals surface area contributed by atoms with Gasteiger partial charge in [0.25, 0.3) is 0 Å². The topological polar surface area (TPSA) is 26.0 Å². The molecular formula is C13H7F6N. The van der Waals surface area contributed by atoms with Crippen LogP contribution in [-0.4, -0.2) is 0 Å². The van der Waals surface area contributed by atoms with Crippen molar-refractivity contribution >= 4 is 5.69 Å². The quantitative estimate of drug-likeness (QED) is 0.612. The van der Waals surface area contributed by atoms with E-state index in [0.29, 0.717) is 24.3 Å². The van der Waals surface area contributed by atoms with Crippen LogP contribution in [0.25, 0.3) is 11.1 Å². The Morgan fingerprint density at radius 1 is 0.800 bits per heavy atom. The second kappa shape index (κ2) is 4.73. The van der Waals surface area contributed by atoms with Crippen molar-refractivity contribution in [3.8, 4) is 11.1 Å². The van der Waals surface area contributed by atoms with E-state index in [-0.39, 0.29) is 5.56 Å². The van der Waals surface area contributed by atoms with Crippen LogP contribution in [0.15, 0.2) is 30.3 Å². The fraction of sp³-hybridized carbons (Fsp3) is 0.0769. The molecule has 0 fully saturated rings. The maximum Gasteiger partial charge on any atom is 0.419 e. The first-order valence-electron chi connectivity index (χ1n) is 5.32. The molecule has 0 atom stereocenters. The molecule has 0 saturated heterocycles. The predicted octanol–water partition coefficient (Wildman–Crippen LogP) is 4.37. The summed E-state index contributed by atoms with van der Waals surface area (Å²) in [6.45, 7) is 0. The van der Waals surface area contributed by atoms with Crippen molar-refractivity contribution in [3.63, 3.8) is 0 Å². The highest BCUT2D eigenvalue weighted by atomic mass is 19.4. The van der Waals surface area contributed by atoms with Crippen LogP contribution >= 0.6 is 0 Å². The van der Waals surface area contributed by atoms with Crippen molar-refractivity contribution in [2.24, 2.45) is 0 Å². The molecule has 0 bridgehead atoms. The van der Waals surface area contributed by atoms with E-state index in [1.54, 1.807) is 0 Å². The third kappa shape index (κ3) is 2.56. The Balaban J connectivity index is 2.63. The minimum Gasteiger partial charge on any atom is -0.396 e. The highest BCUT2D eigenvalue weighted by molar-refractivity contribution is 5.67. The summed E-state index contributed by atoms with van der Waals surface area (Å²) in [5, 5.41) is 0. The second-order valence-corrected chi connectivity index (χ2v) is 4.05. The first kappa shape index (κ1) is 14.2. The number of benzene rings is 2. The lowest BCUT2D eigenvalue weighted by Crippen LogP contribution is -2.08. The van der Waals surface area contributed by atoms with Crippen LogP contribution in [0.4, 0.5) is 32.0 Å². The molecule has 0 aliphatic rings. The van der Waals surface area contributed by atoms with Crippen LogP contribution in [0.5, 0.6) is 0 Å². The molecule has 106 valence electrons. The number of anilines is 1. The number of rotatable bonds is 1. The summed E-state index contributed by atoms with van der Waals surface area (Å²) in [6.07, 6.45) is -4.93. The van der Waals surface area contributed by atoms with Gasteiger partial charge in [0.1, 0.15) is 17.5 Å². The van der Waals surface area contributed by atoms with Crippen molar-refractivity contribution in [2.45, 2.75) is 6.18 Å². The molecule has 7 heteroatoms. The number of hydrogen-bond acceptors (Lipinski definition) is 1. The van der Waals surface area contributed by atoms with Gasteiger partial charge in [0.2, 0.25) is 0 Å². The Hall–Kier alpha value is -2.18. The van der Waals surface area contributed by atoms with Crippen LogP contribution in [0, 0.1) is 17.5 Å². The van der Waals surface area contributed by atoms with E-state index in [1.165, 1.54) is 0 Å². The van der Waals surface area contributed by atoms with Gasteiger partial charge in [0.05, 0.1) is 11.3 Å². The number of hydrogen-bond donors (Lipinski definition) is 1. The molecule has 2 N–H and O–H groups in total. The van der Waals surface area contributed by atoms with Crippen molar-refractivity contribution in [1.82, 2.24) is 0 Å². The summed E-state index contributed by atoms with van der Waals surface area (Å²) in [6, 6.07) is 3.22. The van der Waals surface area contributed by atoms with Crippen LogP contribution in [0.3, 0.4) is 0 Å². The molecule has 0 spiro atoms. The Kier molecular flexibility index (Phi) is 3.37. The highest BCUT2D eigenvalue weighted by Crippen LogP contribution is 2.35. The van der Waals surface area contributed by atoms with Crippen LogP contribution < -0.4 is 5.73 Å². The van der Waals surface area contributed by atoms with Crippen molar-refractivity contribution in [1.29, 1.82) is 0 Å². The molecule has 0 saturated carbocycles. The van der Waals surface area contributed by atoms with Gasteiger partial charge >= 0.3 is 6.18 Å². The van der Waals surface area contributed by atoms with Gasteiger partial charge in [-0.2, -0.15) is 13.2 Å². The largest absolute Gasteiger partial charge is 0.419 e. The van der Waals surface area contributed by atoms with Crippen LogP contribution in [-0.2, 0) is 6.18 Å². The van der Waals surface area contributed by atoms with E-state index in [9.17, 15) is 26.3 Å². The molecule has 20 heavy (non-hydrogen) atoms. The first-order chi connectivity index (χ1) is 9.20. The summed E-state index contributed by atoms with van der Waals surface area (Å²) < 4.78 is 77.7. The van der Waals surface area contributed by atoms with E-state index < -0.39 is 40.4 Å². The van der Waals surface area contributed by atoms with Gasteiger partial charge < -0.3 is 5.73 Å². The standard InChI is InChI=1S/C13H7F6N/c14-9-2-1-6(3-8(9)13(17,18)19)7-4-11(16)12(20)5-10(7)15/h1-5H,20H2. The Bertz CT molecular complexity index is 663. The zero-order valence-electron chi connectivity index (χ0n) is 9.73. The summed E-state index contributed by atoms with van der Waals surface area (Å²) in [7, 11) is 0. The van der Waals surface area contributed by atoms with Gasteiger partial charge in [-0.25, -0.2) is 13.2 Å². The third-order valence-corrected chi connectivity index (χ3v) is 2.67. The molecule has 0 aliphatic carbocycles. The fourth-order valence-corrected chi connectivity index (χ4v) is 1.69. The van der Waals surface area contributed by atoms with Gasteiger partial charge in [-0.1, -0.05) is 6.07 Å². The molecule has 1 nitrogen and oxygen atoms in total.